The molecule has 0 aromatic heterocycles. The Morgan fingerprint density at radius 1 is 1.25 bits per heavy atom. The van der Waals surface area contributed by atoms with Crippen LogP contribution < -0.4 is 5.32 Å². The summed E-state index contributed by atoms with van der Waals surface area (Å²) in [5, 5.41) is 3.57. The van der Waals surface area contributed by atoms with Crippen LogP contribution in [0.5, 0.6) is 0 Å². The lowest BCUT2D eigenvalue weighted by molar-refractivity contribution is 0.336. The van der Waals surface area contributed by atoms with E-state index in [0.29, 0.717) is 5.41 Å². The Balaban J connectivity index is 1.71. The summed E-state index contributed by atoms with van der Waals surface area (Å²) in [5.41, 5.74) is 2.14. The Hall–Kier alpha value is -0.820. The van der Waals surface area contributed by atoms with E-state index in [9.17, 15) is 0 Å². The largest absolute Gasteiger partial charge is 0.316 e. The molecule has 1 aromatic rings. The first-order chi connectivity index (χ1) is 7.74. The number of hydrogen-bond acceptors (Lipinski definition) is 1. The Kier molecular flexibility index (Phi) is 2.32. The SMILES string of the molecule is CNC(C1CC1c1ccccc1)C1(C)CC1. The molecule has 2 saturated carbocycles. The summed E-state index contributed by atoms with van der Waals surface area (Å²) in [7, 11) is 2.13. The molecule has 86 valence electrons. The van der Waals surface area contributed by atoms with Gasteiger partial charge < -0.3 is 5.32 Å². The smallest absolute Gasteiger partial charge is 0.0152 e. The standard InChI is InChI=1S/C15H21N/c1-15(8-9-15)14(16-2)13-10-12(13)11-6-4-3-5-7-11/h3-7,12-14,16H,8-10H2,1-2H3. The van der Waals surface area contributed by atoms with Gasteiger partial charge in [0.1, 0.15) is 0 Å². The van der Waals surface area contributed by atoms with Crippen molar-refractivity contribution in [3.63, 3.8) is 0 Å². The molecule has 1 N–H and O–H groups in total. The summed E-state index contributed by atoms with van der Waals surface area (Å²) in [4.78, 5) is 0. The van der Waals surface area contributed by atoms with Crippen LogP contribution in [0.15, 0.2) is 30.3 Å². The van der Waals surface area contributed by atoms with Crippen LogP contribution in [0, 0.1) is 11.3 Å². The molecule has 3 unspecified atom stereocenters. The predicted molar refractivity (Wildman–Crippen MR) is 67.5 cm³/mol. The summed E-state index contributed by atoms with van der Waals surface area (Å²) >= 11 is 0. The zero-order valence-electron chi connectivity index (χ0n) is 10.2. The van der Waals surface area contributed by atoms with Gasteiger partial charge >= 0.3 is 0 Å². The van der Waals surface area contributed by atoms with Crippen LogP contribution in [0.4, 0.5) is 0 Å². The van der Waals surface area contributed by atoms with Gasteiger partial charge in [0.25, 0.3) is 0 Å². The minimum absolute atomic E-state index is 0.600. The first-order valence-corrected chi connectivity index (χ1v) is 6.47. The van der Waals surface area contributed by atoms with Gasteiger partial charge in [0, 0.05) is 6.04 Å². The van der Waals surface area contributed by atoms with Crippen LogP contribution in [0.1, 0.15) is 37.7 Å². The van der Waals surface area contributed by atoms with E-state index in [2.05, 4.69) is 49.6 Å². The summed E-state index contributed by atoms with van der Waals surface area (Å²) < 4.78 is 0. The number of hydrogen-bond donors (Lipinski definition) is 1. The molecular formula is C15H21N. The van der Waals surface area contributed by atoms with Gasteiger partial charge in [-0.3, -0.25) is 0 Å². The van der Waals surface area contributed by atoms with Crippen molar-refractivity contribution >= 4 is 0 Å². The Morgan fingerprint density at radius 3 is 2.50 bits per heavy atom. The highest BCUT2D eigenvalue weighted by atomic mass is 14.9. The van der Waals surface area contributed by atoms with Crippen LogP contribution in [0.2, 0.25) is 0 Å². The van der Waals surface area contributed by atoms with Crippen molar-refractivity contribution in [2.45, 2.75) is 38.1 Å². The van der Waals surface area contributed by atoms with E-state index in [1.54, 1.807) is 0 Å². The van der Waals surface area contributed by atoms with Crippen LogP contribution in [0.25, 0.3) is 0 Å². The normalized spacial score (nSPS) is 32.1. The maximum atomic E-state index is 3.57. The van der Waals surface area contributed by atoms with Crippen molar-refractivity contribution in [2.75, 3.05) is 7.05 Å². The van der Waals surface area contributed by atoms with Crippen LogP contribution in [-0.2, 0) is 0 Å². The first-order valence-electron chi connectivity index (χ1n) is 6.47. The van der Waals surface area contributed by atoms with Crippen molar-refractivity contribution in [1.29, 1.82) is 0 Å². The lowest BCUT2D eigenvalue weighted by Crippen LogP contribution is -2.35. The predicted octanol–water partition coefficient (Wildman–Crippen LogP) is 3.18. The van der Waals surface area contributed by atoms with Gasteiger partial charge in [-0.05, 0) is 49.1 Å². The molecule has 2 aliphatic rings. The lowest BCUT2D eigenvalue weighted by atomic mass is 9.92. The average molecular weight is 215 g/mol. The fourth-order valence-electron chi connectivity index (χ4n) is 3.25. The van der Waals surface area contributed by atoms with Crippen molar-refractivity contribution in [2.24, 2.45) is 11.3 Å². The highest BCUT2D eigenvalue weighted by Crippen LogP contribution is 2.59. The van der Waals surface area contributed by atoms with Gasteiger partial charge in [-0.1, -0.05) is 37.3 Å². The van der Waals surface area contributed by atoms with Gasteiger partial charge in [0.2, 0.25) is 0 Å². The second kappa shape index (κ2) is 3.59. The summed E-state index contributed by atoms with van der Waals surface area (Å²) in [5.74, 6) is 1.69. The Morgan fingerprint density at radius 2 is 1.94 bits per heavy atom. The van der Waals surface area contributed by atoms with Gasteiger partial charge in [0.15, 0.2) is 0 Å². The second-order valence-corrected chi connectivity index (χ2v) is 5.84. The molecule has 3 atom stereocenters. The van der Waals surface area contributed by atoms with E-state index in [-0.39, 0.29) is 0 Å². The second-order valence-electron chi connectivity index (χ2n) is 5.84. The number of rotatable bonds is 4. The van der Waals surface area contributed by atoms with Gasteiger partial charge in [-0.15, -0.1) is 0 Å². The highest BCUT2D eigenvalue weighted by Gasteiger charge is 2.54. The zero-order chi connectivity index (χ0) is 11.2. The molecule has 0 bridgehead atoms. The van der Waals surface area contributed by atoms with Gasteiger partial charge in [0.05, 0.1) is 0 Å². The van der Waals surface area contributed by atoms with E-state index < -0.39 is 0 Å². The zero-order valence-corrected chi connectivity index (χ0v) is 10.2. The molecule has 0 spiro atoms. The van der Waals surface area contributed by atoms with Gasteiger partial charge in [-0.25, -0.2) is 0 Å². The van der Waals surface area contributed by atoms with Crippen molar-refractivity contribution < 1.29 is 0 Å². The highest BCUT2D eigenvalue weighted by molar-refractivity contribution is 5.28. The van der Waals surface area contributed by atoms with Crippen molar-refractivity contribution in [1.82, 2.24) is 5.32 Å². The summed E-state index contributed by atoms with van der Waals surface area (Å²) in [6, 6.07) is 11.7. The molecular weight excluding hydrogens is 194 g/mol. The molecule has 1 aromatic carbocycles. The van der Waals surface area contributed by atoms with E-state index >= 15 is 0 Å². The molecule has 0 radical (unpaired) electrons. The number of benzene rings is 1. The monoisotopic (exact) mass is 215 g/mol. The quantitative estimate of drug-likeness (QED) is 0.813. The van der Waals surface area contributed by atoms with Crippen LogP contribution in [0.3, 0.4) is 0 Å². The van der Waals surface area contributed by atoms with E-state index in [0.717, 1.165) is 17.9 Å². The van der Waals surface area contributed by atoms with Crippen molar-refractivity contribution in [3.8, 4) is 0 Å². The first kappa shape index (κ1) is 10.3. The topological polar surface area (TPSA) is 12.0 Å². The molecule has 0 saturated heterocycles. The van der Waals surface area contributed by atoms with E-state index in [4.69, 9.17) is 0 Å². The lowest BCUT2D eigenvalue weighted by Gasteiger charge is -2.23. The average Bonchev–Trinajstić information content (AvgIpc) is 3.20. The van der Waals surface area contributed by atoms with E-state index in [1.165, 1.54) is 24.8 Å². The molecule has 0 amide bonds. The molecule has 2 fully saturated rings. The minimum atomic E-state index is 0.600. The summed E-state index contributed by atoms with van der Waals surface area (Å²) in [6.07, 6.45) is 4.21. The fraction of sp³-hybridized carbons (Fsp3) is 0.600. The molecule has 0 aliphatic heterocycles. The van der Waals surface area contributed by atoms with Crippen LogP contribution >= 0.6 is 0 Å². The third-order valence-corrected chi connectivity index (χ3v) is 4.60. The Bertz CT molecular complexity index is 366. The molecule has 1 heteroatoms. The fourth-order valence-corrected chi connectivity index (χ4v) is 3.25. The minimum Gasteiger partial charge on any atom is -0.316 e. The van der Waals surface area contributed by atoms with Crippen molar-refractivity contribution in [3.05, 3.63) is 35.9 Å². The molecule has 2 aliphatic carbocycles. The van der Waals surface area contributed by atoms with E-state index in [1.807, 2.05) is 0 Å². The molecule has 0 heterocycles. The maximum absolute atomic E-state index is 3.57. The summed E-state index contributed by atoms with van der Waals surface area (Å²) in [6.45, 7) is 2.44. The number of nitrogens with one attached hydrogen (secondary N) is 1. The third kappa shape index (κ3) is 1.67. The van der Waals surface area contributed by atoms with Crippen LogP contribution in [-0.4, -0.2) is 13.1 Å². The molecule has 1 nitrogen and oxygen atoms in total. The molecule has 16 heavy (non-hydrogen) atoms. The third-order valence-electron chi connectivity index (χ3n) is 4.60. The molecule has 3 rings (SSSR count). The maximum Gasteiger partial charge on any atom is 0.0152 e. The Labute approximate surface area is 98.3 Å². The van der Waals surface area contributed by atoms with Gasteiger partial charge in [-0.2, -0.15) is 0 Å².